The summed E-state index contributed by atoms with van der Waals surface area (Å²) in [6, 6.07) is 28.1. The Kier molecular flexibility index (Phi) is 6.38. The van der Waals surface area contributed by atoms with E-state index in [0.717, 1.165) is 14.2 Å². The molecule has 0 radical (unpaired) electrons. The Morgan fingerprint density at radius 2 is 0.938 bits per heavy atom. The second kappa shape index (κ2) is 9.72. The van der Waals surface area contributed by atoms with Crippen molar-refractivity contribution >= 4 is 47.0 Å². The first kappa shape index (κ1) is 21.0. The van der Waals surface area contributed by atoms with Crippen LogP contribution in [0.5, 0.6) is 0 Å². The zero-order valence-electron chi connectivity index (χ0n) is 16.9. The van der Waals surface area contributed by atoms with E-state index in [-0.39, 0.29) is 0 Å². The largest absolute Gasteiger partial charge is 0.618 e. The molecular weight excluding hydrogens is 422 g/mol. The maximum Gasteiger partial charge on any atom is 0.216 e. The van der Waals surface area contributed by atoms with Gasteiger partial charge in [-0.05, 0) is 6.07 Å². The van der Waals surface area contributed by atoms with Crippen LogP contribution in [-0.4, -0.2) is 32.9 Å². The zero-order chi connectivity index (χ0) is 22.3. The van der Waals surface area contributed by atoms with E-state index in [1.165, 1.54) is 30.0 Å². The summed E-state index contributed by atoms with van der Waals surface area (Å²) in [5.41, 5.74) is 1.96. The number of hydrogen-bond donors (Lipinski definition) is 0. The number of nitrogens with zero attached hydrogens (tertiary/aromatic N) is 3. The van der Waals surface area contributed by atoms with Crippen molar-refractivity contribution in [1.29, 1.82) is 0 Å². The van der Waals surface area contributed by atoms with Gasteiger partial charge >= 0.3 is 0 Å². The summed E-state index contributed by atoms with van der Waals surface area (Å²) in [6.07, 6.45) is 4.26. The van der Waals surface area contributed by atoms with E-state index in [0.29, 0.717) is 32.4 Å². The molecule has 0 saturated carbocycles. The van der Waals surface area contributed by atoms with Crippen molar-refractivity contribution in [2.24, 2.45) is 0 Å². The highest BCUT2D eigenvalue weighted by atomic mass is 32.1. The van der Waals surface area contributed by atoms with Gasteiger partial charge in [-0.2, -0.15) is 14.2 Å². The number of rotatable bonds is 6. The molecule has 0 atom stereocenters. The predicted molar refractivity (Wildman–Crippen MR) is 129 cm³/mol. The van der Waals surface area contributed by atoms with Gasteiger partial charge in [0.2, 0.25) is 17.1 Å². The van der Waals surface area contributed by atoms with E-state index in [4.69, 9.17) is 0 Å². The van der Waals surface area contributed by atoms with Crippen molar-refractivity contribution in [3.63, 3.8) is 0 Å². The monoisotopic (exact) mass is 441 g/mol. The minimum atomic E-state index is 0.465. The minimum Gasteiger partial charge on any atom is -0.618 e. The molecule has 0 aliphatic heterocycles. The van der Waals surface area contributed by atoms with Crippen LogP contribution in [0.15, 0.2) is 97.1 Å². The number of para-hydroxylation sites is 3. The average Bonchev–Trinajstić information content (AvgIpc) is 3.20. The third kappa shape index (κ3) is 5.08. The molecule has 0 saturated heterocycles. The van der Waals surface area contributed by atoms with E-state index in [9.17, 15) is 15.6 Å². The van der Waals surface area contributed by atoms with Gasteiger partial charge in [0.05, 0.1) is 10.4 Å². The fourth-order valence-electron chi connectivity index (χ4n) is 3.00. The Balaban J connectivity index is 1.76. The van der Waals surface area contributed by atoms with Crippen LogP contribution < -0.4 is 0 Å². The Morgan fingerprint density at radius 3 is 1.41 bits per heavy atom. The van der Waals surface area contributed by atoms with Crippen molar-refractivity contribution in [3.05, 3.63) is 128 Å². The highest BCUT2D eigenvalue weighted by Crippen LogP contribution is 2.22. The molecule has 4 aromatic rings. The lowest BCUT2D eigenvalue weighted by Gasteiger charge is -2.03. The van der Waals surface area contributed by atoms with E-state index in [2.05, 4.69) is 0 Å². The van der Waals surface area contributed by atoms with Crippen LogP contribution in [0.1, 0.15) is 15.3 Å². The SMILES string of the molecule is [O-]/[N+](=C\c1cc(/C=[N+](\[O-])c2ccccc2)c(/C=[N+](\[O-])c2ccccc2)s1)c1ccccc1. The van der Waals surface area contributed by atoms with E-state index < -0.39 is 0 Å². The number of benzene rings is 3. The molecule has 0 bridgehead atoms. The molecule has 0 aliphatic rings. The van der Waals surface area contributed by atoms with Crippen LogP contribution in [-0.2, 0) is 0 Å². The first-order valence-corrected chi connectivity index (χ1v) is 10.6. The van der Waals surface area contributed by atoms with Crippen molar-refractivity contribution in [2.75, 3.05) is 0 Å². The van der Waals surface area contributed by atoms with Gasteiger partial charge in [-0.25, -0.2) is 0 Å². The maximum absolute atomic E-state index is 12.7. The molecule has 0 aliphatic carbocycles. The molecule has 1 aromatic heterocycles. The third-order valence-corrected chi connectivity index (χ3v) is 5.60. The Bertz CT molecular complexity index is 1210. The average molecular weight is 442 g/mol. The normalized spacial score (nSPS) is 12.7. The molecule has 32 heavy (non-hydrogen) atoms. The number of thiophene rings is 1. The van der Waals surface area contributed by atoms with Crippen LogP contribution in [0, 0.1) is 15.6 Å². The Morgan fingerprint density at radius 1 is 0.531 bits per heavy atom. The highest BCUT2D eigenvalue weighted by molar-refractivity contribution is 7.15. The topological polar surface area (TPSA) is 78.2 Å². The van der Waals surface area contributed by atoms with Gasteiger partial charge in [-0.1, -0.05) is 54.6 Å². The fourth-order valence-corrected chi connectivity index (χ4v) is 3.97. The van der Waals surface area contributed by atoms with Crippen molar-refractivity contribution < 1.29 is 14.2 Å². The summed E-state index contributed by atoms with van der Waals surface area (Å²) in [4.78, 5) is 1.18. The summed E-state index contributed by atoms with van der Waals surface area (Å²) >= 11 is 1.25. The molecule has 0 N–H and O–H groups in total. The lowest BCUT2D eigenvalue weighted by molar-refractivity contribution is -0.355. The molecule has 158 valence electrons. The molecule has 0 spiro atoms. The van der Waals surface area contributed by atoms with Crippen molar-refractivity contribution in [3.8, 4) is 0 Å². The summed E-state index contributed by atoms with van der Waals surface area (Å²) in [5.74, 6) is 0. The molecule has 0 fully saturated rings. The van der Waals surface area contributed by atoms with Gasteiger partial charge in [-0.15, -0.1) is 11.3 Å². The van der Waals surface area contributed by atoms with Crippen LogP contribution in [0.2, 0.25) is 0 Å². The second-order valence-corrected chi connectivity index (χ2v) is 7.96. The van der Waals surface area contributed by atoms with Gasteiger partial charge < -0.3 is 15.6 Å². The summed E-state index contributed by atoms with van der Waals surface area (Å²) in [7, 11) is 0. The predicted octanol–water partition coefficient (Wildman–Crippen LogP) is 5.53. The van der Waals surface area contributed by atoms with Crippen LogP contribution in [0.25, 0.3) is 0 Å². The van der Waals surface area contributed by atoms with Crippen LogP contribution >= 0.6 is 11.3 Å². The van der Waals surface area contributed by atoms with Crippen LogP contribution in [0.4, 0.5) is 17.1 Å². The molecule has 7 heteroatoms. The summed E-state index contributed by atoms with van der Waals surface area (Å²) in [5, 5.41) is 37.8. The molecule has 1 heterocycles. The third-order valence-electron chi connectivity index (χ3n) is 4.58. The smallest absolute Gasteiger partial charge is 0.216 e. The van der Waals surface area contributed by atoms with Gasteiger partial charge in [-0.3, -0.25) is 0 Å². The Hall–Kier alpha value is -4.23. The molecule has 6 nitrogen and oxygen atoms in total. The molecule has 4 rings (SSSR count). The lowest BCUT2D eigenvalue weighted by Crippen LogP contribution is -2.02. The quantitative estimate of drug-likeness (QED) is 0.171. The summed E-state index contributed by atoms with van der Waals surface area (Å²) < 4.78 is 2.25. The molecular formula is C25H19N3O3S. The molecule has 0 unspecified atom stereocenters. The summed E-state index contributed by atoms with van der Waals surface area (Å²) in [6.45, 7) is 0. The van der Waals surface area contributed by atoms with Crippen molar-refractivity contribution in [2.45, 2.75) is 0 Å². The first-order valence-electron chi connectivity index (χ1n) is 9.83. The van der Waals surface area contributed by atoms with Gasteiger partial charge in [0.1, 0.15) is 4.88 Å². The van der Waals surface area contributed by atoms with Gasteiger partial charge in [0.15, 0.2) is 18.6 Å². The van der Waals surface area contributed by atoms with Crippen LogP contribution in [0.3, 0.4) is 0 Å². The fraction of sp³-hybridized carbons (Fsp3) is 0. The highest BCUT2D eigenvalue weighted by Gasteiger charge is 2.15. The Labute approximate surface area is 189 Å². The van der Waals surface area contributed by atoms with E-state index in [1.807, 2.05) is 18.2 Å². The van der Waals surface area contributed by atoms with Gasteiger partial charge in [0, 0.05) is 36.4 Å². The number of hydrogen-bond acceptors (Lipinski definition) is 4. The van der Waals surface area contributed by atoms with Crippen molar-refractivity contribution in [1.82, 2.24) is 0 Å². The molecule has 0 amide bonds. The maximum atomic E-state index is 12.7. The first-order chi connectivity index (χ1) is 15.6. The molecule has 3 aromatic carbocycles. The minimum absolute atomic E-state index is 0.465. The zero-order valence-corrected chi connectivity index (χ0v) is 17.8. The second-order valence-electron chi connectivity index (χ2n) is 6.84. The van der Waals surface area contributed by atoms with Gasteiger partial charge in [0.25, 0.3) is 0 Å². The van der Waals surface area contributed by atoms with E-state index >= 15 is 0 Å². The lowest BCUT2D eigenvalue weighted by atomic mass is 10.2. The van der Waals surface area contributed by atoms with E-state index in [1.54, 1.807) is 78.9 Å². The standard InChI is InChI=1S/C25H19N3O3S/c29-26(21-10-4-1-5-11-21)17-20-16-24(18-27(30)22-12-6-2-7-13-22)32-25(20)19-28(31)23-14-8-3-9-15-23/h1-19H/b26-17-,27-18-,28-19-.